The van der Waals surface area contributed by atoms with E-state index in [1.807, 2.05) is 24.3 Å². The Morgan fingerprint density at radius 1 is 1.04 bits per heavy atom. The number of thiophene rings is 1. The highest BCUT2D eigenvalue weighted by atomic mass is 32.2. The number of nitrogens with zero attached hydrogens (tertiary/aromatic N) is 2. The highest BCUT2D eigenvalue weighted by Crippen LogP contribution is 2.30. The SMILES string of the molecule is O=C(c1sccc1S(=O)(=O)N1CCc2ccccc2C1)N1CCOCC1. The van der Waals surface area contributed by atoms with Crippen molar-refractivity contribution in [3.8, 4) is 0 Å². The molecule has 2 aliphatic heterocycles. The van der Waals surface area contributed by atoms with Gasteiger partial charge in [-0.3, -0.25) is 4.79 Å². The third-order valence-electron chi connectivity index (χ3n) is 4.84. The standard InChI is InChI=1S/C18H20N2O4S2/c21-18(19-8-10-24-11-9-19)17-16(6-12-25-17)26(22,23)20-7-5-14-3-1-2-4-15(14)13-20/h1-4,6,12H,5,7-11,13H2. The first-order valence-corrected chi connectivity index (χ1v) is 10.9. The fraction of sp³-hybridized carbons (Fsp3) is 0.389. The first-order chi connectivity index (χ1) is 12.6. The molecule has 1 fully saturated rings. The van der Waals surface area contributed by atoms with Crippen molar-refractivity contribution in [2.45, 2.75) is 17.9 Å². The van der Waals surface area contributed by atoms with Crippen molar-refractivity contribution in [1.82, 2.24) is 9.21 Å². The first-order valence-electron chi connectivity index (χ1n) is 8.59. The van der Waals surface area contributed by atoms with E-state index in [2.05, 4.69) is 0 Å². The molecular weight excluding hydrogens is 372 g/mol. The predicted molar refractivity (Wildman–Crippen MR) is 98.8 cm³/mol. The minimum Gasteiger partial charge on any atom is -0.378 e. The lowest BCUT2D eigenvalue weighted by atomic mass is 10.0. The summed E-state index contributed by atoms with van der Waals surface area (Å²) in [6, 6.07) is 9.45. The minimum absolute atomic E-state index is 0.123. The second-order valence-corrected chi connectivity index (χ2v) is 9.20. The molecule has 0 saturated carbocycles. The van der Waals surface area contributed by atoms with Gasteiger partial charge in [-0.05, 0) is 29.0 Å². The molecule has 0 unspecified atom stereocenters. The molecule has 0 N–H and O–H groups in total. The average Bonchev–Trinajstić information content (AvgIpc) is 3.18. The summed E-state index contributed by atoms with van der Waals surface area (Å²) >= 11 is 1.19. The Labute approximate surface area is 157 Å². The molecule has 1 amide bonds. The average molecular weight is 393 g/mol. The van der Waals surface area contributed by atoms with Crippen LogP contribution in [0.1, 0.15) is 20.8 Å². The van der Waals surface area contributed by atoms with Crippen LogP contribution in [-0.2, 0) is 27.7 Å². The molecule has 138 valence electrons. The van der Waals surface area contributed by atoms with Gasteiger partial charge in [-0.25, -0.2) is 8.42 Å². The van der Waals surface area contributed by atoms with Gasteiger partial charge in [-0.15, -0.1) is 11.3 Å². The van der Waals surface area contributed by atoms with Crippen LogP contribution in [0.4, 0.5) is 0 Å². The van der Waals surface area contributed by atoms with Crippen LogP contribution in [0.2, 0.25) is 0 Å². The summed E-state index contributed by atoms with van der Waals surface area (Å²) in [7, 11) is -3.71. The van der Waals surface area contributed by atoms with Gasteiger partial charge in [-0.1, -0.05) is 24.3 Å². The maximum Gasteiger partial charge on any atom is 0.265 e. The van der Waals surface area contributed by atoms with Gasteiger partial charge in [0, 0.05) is 26.2 Å². The van der Waals surface area contributed by atoms with Crippen LogP contribution in [0.15, 0.2) is 40.6 Å². The van der Waals surface area contributed by atoms with Crippen LogP contribution in [0.3, 0.4) is 0 Å². The largest absolute Gasteiger partial charge is 0.378 e. The lowest BCUT2D eigenvalue weighted by Gasteiger charge is -2.29. The summed E-state index contributed by atoms with van der Waals surface area (Å²) in [5.74, 6) is -0.223. The third kappa shape index (κ3) is 3.18. The highest BCUT2D eigenvalue weighted by Gasteiger charge is 2.33. The molecule has 2 aromatic rings. The topological polar surface area (TPSA) is 66.9 Å². The number of hydrogen-bond donors (Lipinski definition) is 0. The quantitative estimate of drug-likeness (QED) is 0.801. The van der Waals surface area contributed by atoms with Gasteiger partial charge < -0.3 is 9.64 Å². The molecule has 2 aliphatic rings. The van der Waals surface area contributed by atoms with Crippen LogP contribution in [0.5, 0.6) is 0 Å². The van der Waals surface area contributed by atoms with E-state index in [1.54, 1.807) is 16.3 Å². The van der Waals surface area contributed by atoms with E-state index in [4.69, 9.17) is 4.74 Å². The molecule has 0 atom stereocenters. The van der Waals surface area contributed by atoms with Crippen LogP contribution in [0, 0.1) is 0 Å². The molecule has 26 heavy (non-hydrogen) atoms. The zero-order valence-corrected chi connectivity index (χ0v) is 15.9. The summed E-state index contributed by atoms with van der Waals surface area (Å²) in [6.07, 6.45) is 0.687. The maximum atomic E-state index is 13.2. The van der Waals surface area contributed by atoms with Gasteiger partial charge in [-0.2, -0.15) is 4.31 Å². The van der Waals surface area contributed by atoms with Crippen LogP contribution in [-0.4, -0.2) is 56.4 Å². The van der Waals surface area contributed by atoms with Crippen molar-refractivity contribution in [3.05, 3.63) is 51.7 Å². The fourth-order valence-electron chi connectivity index (χ4n) is 3.38. The predicted octanol–water partition coefficient (Wildman–Crippen LogP) is 1.97. The Bertz CT molecular complexity index is 917. The van der Waals surface area contributed by atoms with Crippen molar-refractivity contribution < 1.29 is 17.9 Å². The number of sulfonamides is 1. The van der Waals surface area contributed by atoms with Gasteiger partial charge in [0.05, 0.1) is 13.2 Å². The summed E-state index contributed by atoms with van der Waals surface area (Å²) < 4.78 is 33.2. The summed E-state index contributed by atoms with van der Waals surface area (Å²) in [6.45, 7) is 2.74. The van der Waals surface area contributed by atoms with E-state index in [9.17, 15) is 13.2 Å². The lowest BCUT2D eigenvalue weighted by Crippen LogP contribution is -2.41. The highest BCUT2D eigenvalue weighted by molar-refractivity contribution is 7.89. The number of morpholine rings is 1. The number of fused-ring (bicyclic) bond motifs is 1. The number of carbonyl (C=O) groups is 1. The minimum atomic E-state index is -3.71. The van der Waals surface area contributed by atoms with E-state index in [0.717, 1.165) is 5.56 Å². The van der Waals surface area contributed by atoms with Crippen molar-refractivity contribution in [2.24, 2.45) is 0 Å². The Balaban J connectivity index is 1.61. The molecule has 1 aromatic carbocycles. The Kier molecular flexibility index (Phi) is 4.83. The Morgan fingerprint density at radius 2 is 1.77 bits per heavy atom. The number of ether oxygens (including phenoxy) is 1. The van der Waals surface area contributed by atoms with Gasteiger partial charge in [0.2, 0.25) is 10.0 Å². The van der Waals surface area contributed by atoms with Crippen molar-refractivity contribution >= 4 is 27.3 Å². The zero-order chi connectivity index (χ0) is 18.1. The van der Waals surface area contributed by atoms with Gasteiger partial charge in [0.15, 0.2) is 0 Å². The Morgan fingerprint density at radius 3 is 2.54 bits per heavy atom. The molecule has 8 heteroatoms. The monoisotopic (exact) mass is 392 g/mol. The van der Waals surface area contributed by atoms with Crippen molar-refractivity contribution in [2.75, 3.05) is 32.8 Å². The van der Waals surface area contributed by atoms with E-state index in [0.29, 0.717) is 50.7 Å². The Hall–Kier alpha value is -1.74. The number of amides is 1. The smallest absolute Gasteiger partial charge is 0.265 e. The third-order valence-corrected chi connectivity index (χ3v) is 7.75. The normalized spacial score (nSPS) is 18.5. The van der Waals surface area contributed by atoms with Gasteiger partial charge in [0.25, 0.3) is 5.91 Å². The van der Waals surface area contributed by atoms with E-state index in [1.165, 1.54) is 21.2 Å². The number of carbonyl (C=O) groups excluding carboxylic acids is 1. The molecule has 4 rings (SSSR count). The first kappa shape index (κ1) is 17.7. The number of rotatable bonds is 3. The van der Waals surface area contributed by atoms with E-state index in [-0.39, 0.29) is 10.8 Å². The molecule has 6 nitrogen and oxygen atoms in total. The zero-order valence-electron chi connectivity index (χ0n) is 14.3. The molecule has 0 radical (unpaired) electrons. The summed E-state index contributed by atoms with van der Waals surface area (Å²) in [5.41, 5.74) is 2.22. The number of hydrogen-bond acceptors (Lipinski definition) is 5. The molecular formula is C18H20N2O4S2. The van der Waals surface area contributed by atoms with Gasteiger partial charge >= 0.3 is 0 Å². The number of benzene rings is 1. The van der Waals surface area contributed by atoms with Crippen LogP contribution in [0.25, 0.3) is 0 Å². The van der Waals surface area contributed by atoms with Crippen molar-refractivity contribution in [1.29, 1.82) is 0 Å². The fourth-order valence-corrected chi connectivity index (χ4v) is 6.16. The molecule has 3 heterocycles. The molecule has 1 aromatic heterocycles. The molecule has 1 saturated heterocycles. The van der Waals surface area contributed by atoms with Gasteiger partial charge in [0.1, 0.15) is 9.77 Å². The maximum absolute atomic E-state index is 13.2. The van der Waals surface area contributed by atoms with Crippen LogP contribution < -0.4 is 0 Å². The second kappa shape index (κ2) is 7.11. The summed E-state index contributed by atoms with van der Waals surface area (Å²) in [4.78, 5) is 14.9. The summed E-state index contributed by atoms with van der Waals surface area (Å²) in [5, 5.41) is 1.68. The molecule has 0 aliphatic carbocycles. The molecule has 0 bridgehead atoms. The van der Waals surface area contributed by atoms with E-state index >= 15 is 0 Å². The van der Waals surface area contributed by atoms with E-state index < -0.39 is 10.0 Å². The molecule has 0 spiro atoms. The van der Waals surface area contributed by atoms with Crippen LogP contribution >= 0.6 is 11.3 Å². The van der Waals surface area contributed by atoms with Crippen molar-refractivity contribution in [3.63, 3.8) is 0 Å². The lowest BCUT2D eigenvalue weighted by molar-refractivity contribution is 0.0304. The second-order valence-electron chi connectivity index (χ2n) is 6.38.